The van der Waals surface area contributed by atoms with E-state index in [9.17, 15) is 9.18 Å². The van der Waals surface area contributed by atoms with Crippen molar-refractivity contribution < 1.29 is 9.18 Å². The molecule has 0 spiro atoms. The van der Waals surface area contributed by atoms with E-state index in [1.807, 2.05) is 60.3 Å². The quantitative estimate of drug-likeness (QED) is 0.431. The lowest BCUT2D eigenvalue weighted by Crippen LogP contribution is -2.28. The van der Waals surface area contributed by atoms with Crippen LogP contribution < -0.4 is 0 Å². The number of amides is 1. The van der Waals surface area contributed by atoms with Gasteiger partial charge in [0.05, 0.1) is 23.5 Å². The van der Waals surface area contributed by atoms with Crippen LogP contribution in [0.4, 0.5) is 4.39 Å². The molecule has 0 aliphatic carbocycles. The van der Waals surface area contributed by atoms with Crippen LogP contribution in [0.2, 0.25) is 0 Å². The molecule has 2 aromatic heterocycles. The average molecular weight is 435 g/mol. The van der Waals surface area contributed by atoms with E-state index in [-0.39, 0.29) is 18.1 Å². The molecule has 0 atom stereocenters. The lowest BCUT2D eigenvalue weighted by molar-refractivity contribution is -0.129. The Balaban J connectivity index is 1.46. The van der Waals surface area contributed by atoms with Gasteiger partial charge in [-0.2, -0.15) is 5.10 Å². The fraction of sp³-hybridized carbons (Fsp3) is 0.208. The first-order valence-electron chi connectivity index (χ1n) is 9.97. The maximum Gasteiger partial charge on any atom is 0.228 e. The molecule has 7 heteroatoms. The molecule has 2 heterocycles. The molecule has 0 fully saturated rings. The minimum Gasteiger partial charge on any atom is -0.341 e. The highest BCUT2D eigenvalue weighted by Crippen LogP contribution is 2.25. The van der Waals surface area contributed by atoms with Crippen LogP contribution in [0, 0.1) is 19.7 Å². The van der Waals surface area contributed by atoms with Crippen molar-refractivity contribution in [2.24, 2.45) is 0 Å². The molecule has 2 aromatic carbocycles. The summed E-state index contributed by atoms with van der Waals surface area (Å²) in [6.45, 7) is 4.46. The zero-order valence-electron chi connectivity index (χ0n) is 17.7. The molecule has 0 N–H and O–H groups in total. The summed E-state index contributed by atoms with van der Waals surface area (Å²) in [4.78, 5) is 19.0. The van der Waals surface area contributed by atoms with E-state index in [1.54, 1.807) is 18.0 Å². The topological polar surface area (TPSA) is 51.0 Å². The summed E-state index contributed by atoms with van der Waals surface area (Å²) in [5, 5.41) is 7.22. The molecule has 0 saturated heterocycles. The third-order valence-electron chi connectivity index (χ3n) is 5.22. The maximum absolute atomic E-state index is 13.5. The van der Waals surface area contributed by atoms with E-state index >= 15 is 0 Å². The van der Waals surface area contributed by atoms with Gasteiger partial charge in [0.2, 0.25) is 5.91 Å². The van der Waals surface area contributed by atoms with Gasteiger partial charge < -0.3 is 4.90 Å². The van der Waals surface area contributed by atoms with Gasteiger partial charge in [0.15, 0.2) is 0 Å². The van der Waals surface area contributed by atoms with Crippen molar-refractivity contribution in [3.8, 4) is 16.3 Å². The minimum absolute atomic E-state index is 0.0256. The first kappa shape index (κ1) is 20.9. The van der Waals surface area contributed by atoms with E-state index in [0.717, 1.165) is 28.2 Å². The number of aromatic nitrogens is 3. The van der Waals surface area contributed by atoms with Gasteiger partial charge in [-0.15, -0.1) is 11.3 Å². The standard InChI is InChI=1S/C24H23FN4OS/c1-16-22(17(2)29(27-16)21-10-5-4-6-11-21)14-28(3)23(30)13-20-15-31-24(26-20)18-8-7-9-19(25)12-18/h4-12,15H,13-14H2,1-3H3. The smallest absolute Gasteiger partial charge is 0.228 e. The van der Waals surface area contributed by atoms with Gasteiger partial charge in [-0.25, -0.2) is 14.1 Å². The molecule has 158 valence electrons. The van der Waals surface area contributed by atoms with Crippen molar-refractivity contribution in [2.45, 2.75) is 26.8 Å². The van der Waals surface area contributed by atoms with Crippen molar-refractivity contribution in [1.29, 1.82) is 0 Å². The number of hydrogen-bond acceptors (Lipinski definition) is 4. The molecule has 31 heavy (non-hydrogen) atoms. The molecular weight excluding hydrogens is 411 g/mol. The fourth-order valence-electron chi connectivity index (χ4n) is 3.48. The van der Waals surface area contributed by atoms with Crippen LogP contribution in [-0.4, -0.2) is 32.6 Å². The summed E-state index contributed by atoms with van der Waals surface area (Å²) in [5.74, 6) is -0.325. The number of thiazole rings is 1. The second-order valence-corrected chi connectivity index (χ2v) is 8.34. The Morgan fingerprint density at radius 2 is 1.90 bits per heavy atom. The lowest BCUT2D eigenvalue weighted by Gasteiger charge is -2.17. The van der Waals surface area contributed by atoms with Crippen molar-refractivity contribution >= 4 is 17.2 Å². The molecule has 4 aromatic rings. The normalized spacial score (nSPS) is 11.0. The average Bonchev–Trinajstić information content (AvgIpc) is 3.34. The second kappa shape index (κ2) is 8.81. The van der Waals surface area contributed by atoms with Crippen LogP contribution in [0.25, 0.3) is 16.3 Å². The van der Waals surface area contributed by atoms with E-state index in [0.29, 0.717) is 17.2 Å². The van der Waals surface area contributed by atoms with Gasteiger partial charge in [0.1, 0.15) is 10.8 Å². The number of halogens is 1. The monoisotopic (exact) mass is 434 g/mol. The highest BCUT2D eigenvalue weighted by molar-refractivity contribution is 7.13. The first-order valence-corrected chi connectivity index (χ1v) is 10.8. The third-order valence-corrected chi connectivity index (χ3v) is 6.16. The zero-order chi connectivity index (χ0) is 22.0. The molecule has 4 rings (SSSR count). The van der Waals surface area contributed by atoms with Gasteiger partial charge in [-0.3, -0.25) is 4.79 Å². The summed E-state index contributed by atoms with van der Waals surface area (Å²) in [6, 6.07) is 16.3. The largest absolute Gasteiger partial charge is 0.341 e. The third kappa shape index (κ3) is 4.56. The highest BCUT2D eigenvalue weighted by atomic mass is 32.1. The van der Waals surface area contributed by atoms with Crippen molar-refractivity contribution in [2.75, 3.05) is 7.05 Å². The Hall–Kier alpha value is -3.32. The van der Waals surface area contributed by atoms with Crippen molar-refractivity contribution in [3.05, 3.63) is 88.4 Å². The van der Waals surface area contributed by atoms with Crippen molar-refractivity contribution in [3.63, 3.8) is 0 Å². The fourth-order valence-corrected chi connectivity index (χ4v) is 4.30. The predicted molar refractivity (Wildman–Crippen MR) is 121 cm³/mol. The molecule has 0 unspecified atom stereocenters. The molecular formula is C24H23FN4OS. The second-order valence-electron chi connectivity index (χ2n) is 7.48. The van der Waals surface area contributed by atoms with Crippen molar-refractivity contribution in [1.82, 2.24) is 19.7 Å². The number of likely N-dealkylation sites (N-methyl/N-ethyl adjacent to an activating group) is 1. The maximum atomic E-state index is 13.5. The first-order chi connectivity index (χ1) is 14.9. The number of benzene rings is 2. The molecule has 5 nitrogen and oxygen atoms in total. The zero-order valence-corrected chi connectivity index (χ0v) is 18.5. The number of carbonyl (C=O) groups is 1. The number of rotatable bonds is 6. The Bertz CT molecular complexity index is 1220. The summed E-state index contributed by atoms with van der Waals surface area (Å²) < 4.78 is 15.4. The van der Waals surface area contributed by atoms with E-state index < -0.39 is 0 Å². The Kier molecular flexibility index (Phi) is 5.95. The number of para-hydroxylation sites is 1. The van der Waals surface area contributed by atoms with Gasteiger partial charge in [0, 0.05) is 35.8 Å². The summed E-state index contributed by atoms with van der Waals surface area (Å²) in [7, 11) is 1.79. The Labute approximate surface area is 184 Å². The van der Waals surface area contributed by atoms with Crippen LogP contribution in [0.3, 0.4) is 0 Å². The Morgan fingerprint density at radius 1 is 1.13 bits per heavy atom. The van der Waals surface area contributed by atoms with Gasteiger partial charge in [-0.1, -0.05) is 30.3 Å². The number of nitrogens with zero attached hydrogens (tertiary/aromatic N) is 4. The van der Waals surface area contributed by atoms with E-state index in [2.05, 4.69) is 10.1 Å². The molecule has 0 aliphatic heterocycles. The predicted octanol–water partition coefficient (Wildman–Crippen LogP) is 4.95. The highest BCUT2D eigenvalue weighted by Gasteiger charge is 2.18. The number of carbonyl (C=O) groups excluding carboxylic acids is 1. The molecule has 0 saturated carbocycles. The van der Waals surface area contributed by atoms with Gasteiger partial charge >= 0.3 is 0 Å². The minimum atomic E-state index is -0.299. The number of aryl methyl sites for hydroxylation is 1. The van der Waals surface area contributed by atoms with E-state index in [1.165, 1.54) is 23.5 Å². The summed E-state index contributed by atoms with van der Waals surface area (Å²) in [6.07, 6.45) is 0.202. The molecule has 1 amide bonds. The number of hydrogen-bond donors (Lipinski definition) is 0. The van der Waals surface area contributed by atoms with Crippen LogP contribution in [0.5, 0.6) is 0 Å². The summed E-state index contributed by atoms with van der Waals surface area (Å²) in [5.41, 5.74) is 5.37. The van der Waals surface area contributed by atoms with Crippen LogP contribution in [-0.2, 0) is 17.8 Å². The van der Waals surface area contributed by atoms with Crippen LogP contribution in [0.1, 0.15) is 22.6 Å². The molecule has 0 aliphatic rings. The SMILES string of the molecule is Cc1nn(-c2ccccc2)c(C)c1CN(C)C(=O)Cc1csc(-c2cccc(F)c2)n1. The Morgan fingerprint density at radius 3 is 2.65 bits per heavy atom. The van der Waals surface area contributed by atoms with Gasteiger partial charge in [0.25, 0.3) is 0 Å². The van der Waals surface area contributed by atoms with Crippen LogP contribution >= 0.6 is 11.3 Å². The van der Waals surface area contributed by atoms with Crippen LogP contribution in [0.15, 0.2) is 60.0 Å². The van der Waals surface area contributed by atoms with E-state index in [4.69, 9.17) is 0 Å². The van der Waals surface area contributed by atoms with Gasteiger partial charge in [-0.05, 0) is 38.1 Å². The lowest BCUT2D eigenvalue weighted by atomic mass is 10.1. The molecule has 0 radical (unpaired) electrons. The molecule has 0 bridgehead atoms. The summed E-state index contributed by atoms with van der Waals surface area (Å²) >= 11 is 1.41.